The Morgan fingerprint density at radius 1 is 1.17 bits per heavy atom. The molecule has 4 rings (SSSR count). The van der Waals surface area contributed by atoms with E-state index in [9.17, 15) is 9.50 Å². The summed E-state index contributed by atoms with van der Waals surface area (Å²) in [6.07, 6.45) is 0.558. The van der Waals surface area contributed by atoms with Gasteiger partial charge in [0.25, 0.3) is 0 Å². The van der Waals surface area contributed by atoms with E-state index >= 15 is 0 Å². The van der Waals surface area contributed by atoms with Crippen LogP contribution in [0.4, 0.5) is 15.8 Å². The molecule has 0 bridgehead atoms. The zero-order chi connectivity index (χ0) is 16.0. The van der Waals surface area contributed by atoms with Gasteiger partial charge in [-0.2, -0.15) is 0 Å². The van der Waals surface area contributed by atoms with E-state index in [2.05, 4.69) is 15.3 Å². The number of phenolic OH excluding ortho intramolecular Hbond substituents is 1. The van der Waals surface area contributed by atoms with Crippen LogP contribution in [0.25, 0.3) is 0 Å². The Balaban J connectivity index is 1.60. The summed E-state index contributed by atoms with van der Waals surface area (Å²) < 4.78 is 22.8. The largest absolute Gasteiger partial charge is 0.513 e. The maximum Gasteiger partial charge on any atom is 0.513 e. The standard InChI is InChI=1S/C17H14FN3O2/c1-9-19-13-7-6-12(16(22)15(13)20-9)17-21-14(23-17)8-10-2-4-11(18)5-3-10/h2-7,9,20H,8H2,1H3,(H,19,22)/p+1. The number of halogens is 1. The Morgan fingerprint density at radius 3 is 2.65 bits per heavy atom. The van der Waals surface area contributed by atoms with Crippen molar-refractivity contribution in [1.82, 2.24) is 4.67 Å². The highest BCUT2D eigenvalue weighted by Gasteiger charge is 2.37. The second kappa shape index (κ2) is 5.04. The topological polar surface area (TPSA) is 67.6 Å². The van der Waals surface area contributed by atoms with E-state index in [0.717, 1.165) is 11.3 Å². The van der Waals surface area contributed by atoms with E-state index in [-0.39, 0.29) is 17.7 Å². The molecule has 0 radical (unpaired) electrons. The second-order valence-electron chi connectivity index (χ2n) is 5.61. The monoisotopic (exact) mass is 312 g/mol. The van der Waals surface area contributed by atoms with Gasteiger partial charge in [-0.15, -0.1) is 0 Å². The number of hydrogen-bond acceptors (Lipinski definition) is 4. The first kappa shape index (κ1) is 13.7. The average molecular weight is 312 g/mol. The number of ether oxygens (including phenoxy) is 1. The zero-order valence-electron chi connectivity index (χ0n) is 12.4. The van der Waals surface area contributed by atoms with Gasteiger partial charge in [-0.1, -0.05) is 12.1 Å². The normalized spacial score (nSPS) is 17.9. The van der Waals surface area contributed by atoms with E-state index in [1.54, 1.807) is 18.2 Å². The van der Waals surface area contributed by atoms with Gasteiger partial charge < -0.3 is 20.5 Å². The summed E-state index contributed by atoms with van der Waals surface area (Å²) in [5.74, 6) is 0.796. The number of fused-ring (bicyclic) bond motifs is 1. The van der Waals surface area contributed by atoms with Gasteiger partial charge in [-0.3, -0.25) is 0 Å². The van der Waals surface area contributed by atoms with Gasteiger partial charge in [0.15, 0.2) is 11.3 Å². The third kappa shape index (κ3) is 2.39. The minimum atomic E-state index is -0.268. The molecular weight excluding hydrogens is 297 g/mol. The molecule has 0 aliphatic carbocycles. The number of aromatic hydroxyl groups is 1. The van der Waals surface area contributed by atoms with E-state index < -0.39 is 0 Å². The highest BCUT2D eigenvalue weighted by Crippen LogP contribution is 2.39. The van der Waals surface area contributed by atoms with Crippen LogP contribution in [0.3, 0.4) is 0 Å². The number of benzene rings is 2. The summed E-state index contributed by atoms with van der Waals surface area (Å²) in [5.41, 5.74) is 2.99. The lowest BCUT2D eigenvalue weighted by Crippen LogP contribution is -2.30. The number of anilines is 2. The summed E-state index contributed by atoms with van der Waals surface area (Å²) in [6.45, 7) is 1.96. The van der Waals surface area contributed by atoms with Gasteiger partial charge in [0.05, 0.1) is 11.9 Å². The summed E-state index contributed by atoms with van der Waals surface area (Å²) in [4.78, 5) is 0. The van der Waals surface area contributed by atoms with Crippen LogP contribution < -0.4 is 15.3 Å². The molecular formula is C17H15FN3O2+. The van der Waals surface area contributed by atoms with Crippen LogP contribution in [0.5, 0.6) is 5.75 Å². The highest BCUT2D eigenvalue weighted by atomic mass is 19.1. The number of nitrogens with one attached hydrogen (secondary N) is 2. The molecule has 2 aromatic carbocycles. The summed E-state index contributed by atoms with van der Waals surface area (Å²) in [7, 11) is 0. The molecule has 0 spiro atoms. The van der Waals surface area contributed by atoms with Crippen LogP contribution in [-0.4, -0.2) is 23.1 Å². The smallest absolute Gasteiger partial charge is 0.505 e. The summed E-state index contributed by atoms with van der Waals surface area (Å²) in [5, 5.41) is 16.7. The molecule has 5 nitrogen and oxygen atoms in total. The number of phenols is 1. The van der Waals surface area contributed by atoms with Crippen molar-refractivity contribution in [3.63, 3.8) is 0 Å². The number of hydrogen-bond donors (Lipinski definition) is 3. The average Bonchev–Trinajstić information content (AvgIpc) is 2.87. The maximum absolute atomic E-state index is 12.9. The molecule has 1 unspecified atom stereocenters. The number of rotatable bonds is 3. The van der Waals surface area contributed by atoms with Crippen LogP contribution in [0, 0.1) is 5.82 Å². The Labute approximate surface area is 132 Å². The van der Waals surface area contributed by atoms with Crippen molar-refractivity contribution < 1.29 is 14.2 Å². The molecule has 116 valence electrons. The third-order valence-corrected chi connectivity index (χ3v) is 3.85. The van der Waals surface area contributed by atoms with Gasteiger partial charge in [0.2, 0.25) is 0 Å². The molecule has 6 heteroatoms. The molecule has 2 aliphatic rings. The first-order chi connectivity index (χ1) is 11.1. The number of nitrogens with zero attached hydrogens (tertiary/aromatic N) is 1. The van der Waals surface area contributed by atoms with Crippen LogP contribution in [0.1, 0.15) is 18.1 Å². The van der Waals surface area contributed by atoms with Crippen molar-refractivity contribution in [3.8, 4) is 5.75 Å². The molecule has 2 aromatic rings. The van der Waals surface area contributed by atoms with Crippen molar-refractivity contribution in [3.05, 3.63) is 53.3 Å². The quantitative estimate of drug-likeness (QED) is 0.600. The Kier molecular flexibility index (Phi) is 2.99. The van der Waals surface area contributed by atoms with E-state index in [1.165, 1.54) is 12.1 Å². The van der Waals surface area contributed by atoms with E-state index in [1.807, 2.05) is 13.0 Å². The molecule has 0 saturated heterocycles. The zero-order valence-corrected chi connectivity index (χ0v) is 12.4. The van der Waals surface area contributed by atoms with Crippen molar-refractivity contribution >= 4 is 23.2 Å². The molecule has 0 amide bonds. The molecule has 2 aliphatic heterocycles. The molecule has 2 heterocycles. The van der Waals surface area contributed by atoms with E-state index in [0.29, 0.717) is 29.5 Å². The van der Waals surface area contributed by atoms with Crippen molar-refractivity contribution in [2.24, 2.45) is 0 Å². The summed E-state index contributed by atoms with van der Waals surface area (Å²) >= 11 is 0. The van der Waals surface area contributed by atoms with Crippen LogP contribution in [0.2, 0.25) is 0 Å². The predicted molar refractivity (Wildman–Crippen MR) is 87.3 cm³/mol. The minimum absolute atomic E-state index is 0.0657. The first-order valence-electron chi connectivity index (χ1n) is 7.36. The van der Waals surface area contributed by atoms with Crippen molar-refractivity contribution in [2.75, 3.05) is 10.6 Å². The van der Waals surface area contributed by atoms with Crippen molar-refractivity contribution in [2.45, 2.75) is 19.5 Å². The van der Waals surface area contributed by atoms with Crippen LogP contribution >= 0.6 is 0 Å². The third-order valence-electron chi connectivity index (χ3n) is 3.85. The Hall–Kier alpha value is -2.98. The van der Waals surface area contributed by atoms with Gasteiger partial charge >= 0.3 is 11.8 Å². The SMILES string of the molecule is CC1Nc2ccc(C3=[N+]=C(Cc4ccc(F)cc4)O3)c(O)c2N1. The minimum Gasteiger partial charge on any atom is -0.505 e. The first-order valence-corrected chi connectivity index (χ1v) is 7.36. The van der Waals surface area contributed by atoms with Crippen molar-refractivity contribution in [1.29, 1.82) is 0 Å². The molecule has 23 heavy (non-hydrogen) atoms. The van der Waals surface area contributed by atoms with Crippen LogP contribution in [-0.2, 0) is 11.2 Å². The Morgan fingerprint density at radius 2 is 1.91 bits per heavy atom. The fourth-order valence-corrected chi connectivity index (χ4v) is 2.72. The fraction of sp³-hybridized carbons (Fsp3) is 0.176. The lowest BCUT2D eigenvalue weighted by Gasteiger charge is -2.07. The van der Waals surface area contributed by atoms with Gasteiger partial charge in [0, 0.05) is 0 Å². The lowest BCUT2D eigenvalue weighted by molar-refractivity contribution is 0.462. The van der Waals surface area contributed by atoms with Gasteiger partial charge in [-0.05, 0) is 41.4 Å². The molecule has 3 N–H and O–H groups in total. The van der Waals surface area contributed by atoms with Gasteiger partial charge in [0.1, 0.15) is 17.9 Å². The summed E-state index contributed by atoms with van der Waals surface area (Å²) in [6, 6.07) is 9.86. The highest BCUT2D eigenvalue weighted by molar-refractivity contribution is 6.11. The molecule has 0 aromatic heterocycles. The lowest BCUT2D eigenvalue weighted by atomic mass is 10.1. The van der Waals surface area contributed by atoms with Gasteiger partial charge in [-0.25, -0.2) is 4.39 Å². The molecule has 1 atom stereocenters. The fourth-order valence-electron chi connectivity index (χ4n) is 2.72. The predicted octanol–water partition coefficient (Wildman–Crippen LogP) is 2.20. The van der Waals surface area contributed by atoms with E-state index in [4.69, 9.17) is 4.74 Å². The van der Waals surface area contributed by atoms with Crippen LogP contribution in [0.15, 0.2) is 36.4 Å². The molecule has 0 saturated carbocycles. The maximum atomic E-state index is 12.9. The second-order valence-corrected chi connectivity index (χ2v) is 5.61. The molecule has 0 fully saturated rings. The Bertz CT molecular complexity index is 855.